The van der Waals surface area contributed by atoms with E-state index in [2.05, 4.69) is 209 Å². The lowest BCUT2D eigenvalue weighted by molar-refractivity contribution is 1.07. The van der Waals surface area contributed by atoms with Crippen molar-refractivity contribution in [1.82, 2.24) is 29.1 Å². The van der Waals surface area contributed by atoms with E-state index in [1.807, 2.05) is 18.2 Å². The average Bonchev–Trinajstić information content (AvgIpc) is 3.90. The molecule has 0 atom stereocenters. The van der Waals surface area contributed by atoms with Crippen molar-refractivity contribution in [3.63, 3.8) is 0 Å². The zero-order chi connectivity index (χ0) is 42.1. The van der Waals surface area contributed by atoms with E-state index in [1.165, 1.54) is 10.8 Å². The fourth-order valence-electron chi connectivity index (χ4n) is 9.76. The maximum Gasteiger partial charge on any atom is 0.164 e. The van der Waals surface area contributed by atoms with Crippen LogP contribution in [-0.4, -0.2) is 29.1 Å². The Morgan fingerprint density at radius 2 is 0.828 bits per heavy atom. The summed E-state index contributed by atoms with van der Waals surface area (Å²) in [7, 11) is 0. The second-order valence-electron chi connectivity index (χ2n) is 16.2. The van der Waals surface area contributed by atoms with Crippen molar-refractivity contribution >= 4 is 65.3 Å². The Kier molecular flexibility index (Phi) is 8.11. The molecule has 0 aliphatic heterocycles. The van der Waals surface area contributed by atoms with Crippen molar-refractivity contribution in [2.24, 2.45) is 0 Å². The third kappa shape index (κ3) is 5.59. The highest BCUT2D eigenvalue weighted by Crippen LogP contribution is 2.45. The molecule has 13 rings (SSSR count). The van der Waals surface area contributed by atoms with E-state index in [1.54, 1.807) is 0 Å². The van der Waals surface area contributed by atoms with Crippen LogP contribution >= 0.6 is 0 Å². The Labute approximate surface area is 368 Å². The fourth-order valence-corrected chi connectivity index (χ4v) is 9.76. The van der Waals surface area contributed by atoms with Gasteiger partial charge in [-0.15, -0.1) is 0 Å². The third-order valence-electron chi connectivity index (χ3n) is 12.5. The quantitative estimate of drug-likeness (QED) is 0.157. The van der Waals surface area contributed by atoms with Gasteiger partial charge in [-0.25, -0.2) is 19.9 Å². The molecular weight excluding hydrogens is 781 g/mol. The molecule has 0 bridgehead atoms. The topological polar surface area (TPSA) is 61.4 Å². The number of benzene rings is 9. The molecule has 0 N–H and O–H groups in total. The molecule has 0 amide bonds. The smallest absolute Gasteiger partial charge is 0.164 e. The van der Waals surface area contributed by atoms with E-state index >= 15 is 0 Å². The Morgan fingerprint density at radius 1 is 0.297 bits per heavy atom. The van der Waals surface area contributed by atoms with Gasteiger partial charge in [-0.3, -0.25) is 0 Å². The predicted octanol–water partition coefficient (Wildman–Crippen LogP) is 14.4. The summed E-state index contributed by atoms with van der Waals surface area (Å²) in [6.45, 7) is 0. The van der Waals surface area contributed by atoms with E-state index in [0.717, 1.165) is 93.8 Å². The zero-order valence-electron chi connectivity index (χ0n) is 34.5. The lowest BCUT2D eigenvalue weighted by Crippen LogP contribution is -2.01. The summed E-state index contributed by atoms with van der Waals surface area (Å²) in [4.78, 5) is 21.2. The van der Waals surface area contributed by atoms with Gasteiger partial charge in [0.05, 0.1) is 33.3 Å². The molecule has 0 saturated carbocycles. The molecule has 0 fully saturated rings. The van der Waals surface area contributed by atoms with E-state index < -0.39 is 0 Å². The van der Waals surface area contributed by atoms with Crippen molar-refractivity contribution in [3.8, 4) is 56.8 Å². The zero-order valence-corrected chi connectivity index (χ0v) is 34.5. The van der Waals surface area contributed by atoms with Crippen LogP contribution in [0.5, 0.6) is 0 Å². The maximum absolute atomic E-state index is 5.40. The molecule has 13 aromatic rings. The highest BCUT2D eigenvalue weighted by Gasteiger charge is 2.24. The highest BCUT2D eigenvalue weighted by molar-refractivity contribution is 6.28. The predicted molar refractivity (Wildman–Crippen MR) is 263 cm³/mol. The van der Waals surface area contributed by atoms with Gasteiger partial charge in [0, 0.05) is 71.3 Å². The molecule has 6 nitrogen and oxygen atoms in total. The highest BCUT2D eigenvalue weighted by atomic mass is 15.0. The van der Waals surface area contributed by atoms with Gasteiger partial charge in [0.2, 0.25) is 0 Å². The minimum Gasteiger partial charge on any atom is -0.309 e. The Bertz CT molecular complexity index is 3890. The van der Waals surface area contributed by atoms with E-state index in [-0.39, 0.29) is 0 Å². The van der Waals surface area contributed by atoms with Gasteiger partial charge in [0.1, 0.15) is 0 Å². The Morgan fingerprint density at radius 3 is 1.56 bits per heavy atom. The molecule has 0 aliphatic rings. The molecule has 4 heterocycles. The molecule has 4 aromatic heterocycles. The molecule has 9 aromatic carbocycles. The normalized spacial score (nSPS) is 11.8. The standard InChI is InChI=1S/C58H36N6/c1-4-18-37(19-5-1)54-45-34-35-46-52-47(29-17-33-51(52)64(40-23-8-3-9-24-40)55(46)53(45)44-28-10-13-30-48(44)59-54)58-61-56(38-20-6-2-7-21-38)60-57(62-58)39-22-16-25-41(36-39)63-49-31-14-11-26-42(49)43-27-12-15-32-50(43)63/h1-36H. The first-order chi connectivity index (χ1) is 31.8. The van der Waals surface area contributed by atoms with Gasteiger partial charge in [-0.1, -0.05) is 170 Å². The van der Waals surface area contributed by atoms with Crippen LogP contribution in [0.3, 0.4) is 0 Å². The molecule has 0 aliphatic carbocycles. The first-order valence-electron chi connectivity index (χ1n) is 21.6. The lowest BCUT2D eigenvalue weighted by atomic mass is 9.96. The summed E-state index contributed by atoms with van der Waals surface area (Å²) in [5.74, 6) is 1.82. The van der Waals surface area contributed by atoms with Crippen LogP contribution < -0.4 is 0 Å². The van der Waals surface area contributed by atoms with Crippen LogP contribution in [0, 0.1) is 0 Å². The molecular formula is C58H36N6. The number of hydrogen-bond donors (Lipinski definition) is 0. The summed E-state index contributed by atoms with van der Waals surface area (Å²) >= 11 is 0. The average molecular weight is 817 g/mol. The number of hydrogen-bond acceptors (Lipinski definition) is 4. The fraction of sp³-hybridized carbons (Fsp3) is 0. The van der Waals surface area contributed by atoms with E-state index in [9.17, 15) is 0 Å². The van der Waals surface area contributed by atoms with Gasteiger partial charge in [-0.05, 0) is 48.5 Å². The Hall–Kier alpha value is -8.74. The first kappa shape index (κ1) is 36.0. The number of aromatic nitrogens is 6. The van der Waals surface area contributed by atoms with Crippen LogP contribution in [-0.2, 0) is 0 Å². The van der Waals surface area contributed by atoms with Crippen molar-refractivity contribution in [1.29, 1.82) is 0 Å². The second-order valence-corrected chi connectivity index (χ2v) is 16.2. The van der Waals surface area contributed by atoms with Crippen molar-refractivity contribution < 1.29 is 0 Å². The third-order valence-corrected chi connectivity index (χ3v) is 12.5. The van der Waals surface area contributed by atoms with Gasteiger partial charge in [0.25, 0.3) is 0 Å². The number of para-hydroxylation sites is 4. The van der Waals surface area contributed by atoms with Crippen LogP contribution in [0.4, 0.5) is 0 Å². The van der Waals surface area contributed by atoms with Crippen molar-refractivity contribution in [2.45, 2.75) is 0 Å². The lowest BCUT2D eigenvalue weighted by Gasteiger charge is -2.14. The molecule has 0 radical (unpaired) electrons. The molecule has 64 heavy (non-hydrogen) atoms. The van der Waals surface area contributed by atoms with Gasteiger partial charge >= 0.3 is 0 Å². The van der Waals surface area contributed by atoms with Crippen LogP contribution in [0.2, 0.25) is 0 Å². The minimum absolute atomic E-state index is 0.602. The molecule has 0 saturated heterocycles. The van der Waals surface area contributed by atoms with Crippen molar-refractivity contribution in [2.75, 3.05) is 0 Å². The van der Waals surface area contributed by atoms with Gasteiger partial charge < -0.3 is 9.13 Å². The minimum atomic E-state index is 0.602. The number of pyridine rings is 1. The number of nitrogens with zero attached hydrogens (tertiary/aromatic N) is 6. The largest absolute Gasteiger partial charge is 0.309 e. The molecule has 6 heteroatoms. The van der Waals surface area contributed by atoms with Gasteiger partial charge in [-0.2, -0.15) is 0 Å². The Balaban J connectivity index is 1.10. The summed E-state index contributed by atoms with van der Waals surface area (Å²) in [5, 5.41) is 7.95. The van der Waals surface area contributed by atoms with Crippen LogP contribution in [0.25, 0.3) is 122 Å². The molecule has 298 valence electrons. The SMILES string of the molecule is c1ccc(-c2nc(-c3cccc(-n4c5ccccc5c5ccccc54)c3)nc(-c3cccc4c3c3ccc5c(-c6ccccc6)nc6ccccc6c5c3n4-c3ccccc3)n2)cc1. The molecule has 0 unspecified atom stereocenters. The van der Waals surface area contributed by atoms with Crippen LogP contribution in [0.1, 0.15) is 0 Å². The number of rotatable bonds is 6. The summed E-state index contributed by atoms with van der Waals surface area (Å²) in [6.07, 6.45) is 0. The second kappa shape index (κ2) is 14.4. The van der Waals surface area contributed by atoms with E-state index in [4.69, 9.17) is 19.9 Å². The monoisotopic (exact) mass is 816 g/mol. The molecule has 0 spiro atoms. The van der Waals surface area contributed by atoms with Crippen LogP contribution in [0.15, 0.2) is 218 Å². The maximum atomic E-state index is 5.40. The summed E-state index contributed by atoms with van der Waals surface area (Å²) in [5.41, 5.74) is 12.3. The first-order valence-corrected chi connectivity index (χ1v) is 21.6. The van der Waals surface area contributed by atoms with Gasteiger partial charge in [0.15, 0.2) is 17.5 Å². The summed E-state index contributed by atoms with van der Waals surface area (Å²) in [6, 6.07) is 76.6. The summed E-state index contributed by atoms with van der Waals surface area (Å²) < 4.78 is 4.74. The van der Waals surface area contributed by atoms with E-state index in [0.29, 0.717) is 17.5 Å². The van der Waals surface area contributed by atoms with Crippen molar-refractivity contribution in [3.05, 3.63) is 218 Å². The number of fused-ring (bicyclic) bond motifs is 10.